The van der Waals surface area contributed by atoms with Gasteiger partial charge in [0.05, 0.1) is 6.10 Å². The lowest BCUT2D eigenvalue weighted by molar-refractivity contribution is 0.0854. The number of hydrogen-bond acceptors (Lipinski definition) is 3. The molecule has 1 aromatic heterocycles. The average Bonchev–Trinajstić information content (AvgIpc) is 2.96. The van der Waals surface area contributed by atoms with E-state index in [9.17, 15) is 9.59 Å². The molecule has 1 aromatic rings. The summed E-state index contributed by atoms with van der Waals surface area (Å²) in [4.78, 5) is 25.6. The second kappa shape index (κ2) is 5.14. The summed E-state index contributed by atoms with van der Waals surface area (Å²) in [5, 5.41) is 2.79. The van der Waals surface area contributed by atoms with E-state index in [4.69, 9.17) is 4.74 Å². The third kappa shape index (κ3) is 2.94. The molecule has 17 heavy (non-hydrogen) atoms. The summed E-state index contributed by atoms with van der Waals surface area (Å²) in [5.41, 5.74) is 0.931. The number of Topliss-reactive ketones (excluding diaryl/α,β-unsaturated/α-hetero) is 1. The summed E-state index contributed by atoms with van der Waals surface area (Å²) in [6.45, 7) is 2.77. The highest BCUT2D eigenvalue weighted by molar-refractivity contribution is 5.99. The van der Waals surface area contributed by atoms with Gasteiger partial charge in [0.15, 0.2) is 5.78 Å². The number of nitrogens with one attached hydrogen (secondary N) is 2. The van der Waals surface area contributed by atoms with Gasteiger partial charge < -0.3 is 15.0 Å². The van der Waals surface area contributed by atoms with Crippen molar-refractivity contribution in [3.05, 3.63) is 23.5 Å². The van der Waals surface area contributed by atoms with Gasteiger partial charge in [0.1, 0.15) is 5.69 Å². The molecule has 1 saturated heterocycles. The van der Waals surface area contributed by atoms with Gasteiger partial charge >= 0.3 is 0 Å². The van der Waals surface area contributed by atoms with E-state index in [-0.39, 0.29) is 17.8 Å². The van der Waals surface area contributed by atoms with Gasteiger partial charge in [0.25, 0.3) is 5.91 Å². The maximum Gasteiger partial charge on any atom is 0.267 e. The summed E-state index contributed by atoms with van der Waals surface area (Å²) in [5.74, 6) is -0.257. The Morgan fingerprint density at radius 1 is 1.59 bits per heavy atom. The van der Waals surface area contributed by atoms with Crippen molar-refractivity contribution in [2.75, 3.05) is 13.2 Å². The zero-order valence-corrected chi connectivity index (χ0v) is 9.79. The lowest BCUT2D eigenvalue weighted by atomic mass is 10.2. The van der Waals surface area contributed by atoms with Crippen LogP contribution in [0.15, 0.2) is 12.3 Å². The Balaban J connectivity index is 1.87. The molecular weight excluding hydrogens is 220 g/mol. The third-order valence-corrected chi connectivity index (χ3v) is 2.85. The molecule has 1 aliphatic rings. The van der Waals surface area contributed by atoms with Crippen LogP contribution in [0.5, 0.6) is 0 Å². The zero-order valence-electron chi connectivity index (χ0n) is 9.79. The second-order valence-electron chi connectivity index (χ2n) is 4.20. The van der Waals surface area contributed by atoms with Crippen molar-refractivity contribution < 1.29 is 14.3 Å². The molecule has 0 aliphatic carbocycles. The van der Waals surface area contributed by atoms with Crippen molar-refractivity contribution >= 4 is 11.7 Å². The van der Waals surface area contributed by atoms with Gasteiger partial charge in [0, 0.05) is 24.9 Å². The number of carbonyl (C=O) groups is 2. The maximum absolute atomic E-state index is 11.7. The Morgan fingerprint density at radius 3 is 3.00 bits per heavy atom. The number of H-pyrrole nitrogens is 1. The number of amides is 1. The minimum absolute atomic E-state index is 0.0561. The first-order valence-corrected chi connectivity index (χ1v) is 5.76. The highest BCUT2D eigenvalue weighted by atomic mass is 16.5. The quantitative estimate of drug-likeness (QED) is 0.770. The molecule has 1 fully saturated rings. The van der Waals surface area contributed by atoms with Crippen molar-refractivity contribution in [2.24, 2.45) is 0 Å². The molecule has 0 saturated carbocycles. The molecule has 5 nitrogen and oxygen atoms in total. The first-order chi connectivity index (χ1) is 8.16. The summed E-state index contributed by atoms with van der Waals surface area (Å²) >= 11 is 0. The van der Waals surface area contributed by atoms with E-state index < -0.39 is 0 Å². The van der Waals surface area contributed by atoms with Crippen molar-refractivity contribution in [1.82, 2.24) is 10.3 Å². The minimum atomic E-state index is -0.201. The number of ether oxygens (including phenoxy) is 1. The van der Waals surface area contributed by atoms with Crippen LogP contribution in [0.1, 0.15) is 40.6 Å². The number of rotatable bonds is 4. The van der Waals surface area contributed by atoms with Crippen molar-refractivity contribution in [3.63, 3.8) is 0 Å². The highest BCUT2D eigenvalue weighted by Crippen LogP contribution is 2.11. The molecular formula is C12H16N2O3. The van der Waals surface area contributed by atoms with Gasteiger partial charge in [-0.1, -0.05) is 0 Å². The molecule has 0 radical (unpaired) electrons. The molecule has 1 atom stereocenters. The fourth-order valence-corrected chi connectivity index (χ4v) is 1.84. The zero-order chi connectivity index (χ0) is 12.3. The molecule has 2 heterocycles. The van der Waals surface area contributed by atoms with Crippen LogP contribution in [0.4, 0.5) is 0 Å². The number of aromatic amines is 1. The summed E-state index contributed by atoms with van der Waals surface area (Å²) < 4.78 is 5.40. The van der Waals surface area contributed by atoms with E-state index in [0.29, 0.717) is 17.8 Å². The van der Waals surface area contributed by atoms with E-state index in [1.807, 2.05) is 0 Å². The minimum Gasteiger partial charge on any atom is -0.376 e. The summed E-state index contributed by atoms with van der Waals surface area (Å²) in [6.07, 6.45) is 3.71. The lowest BCUT2D eigenvalue weighted by Crippen LogP contribution is -2.31. The van der Waals surface area contributed by atoms with Crippen molar-refractivity contribution in [1.29, 1.82) is 0 Å². The maximum atomic E-state index is 11.7. The smallest absolute Gasteiger partial charge is 0.267 e. The Morgan fingerprint density at radius 2 is 2.41 bits per heavy atom. The molecule has 5 heteroatoms. The van der Waals surface area contributed by atoms with Crippen LogP contribution in [-0.2, 0) is 4.74 Å². The molecule has 0 bridgehead atoms. The second-order valence-corrected chi connectivity index (χ2v) is 4.20. The Labute approximate surface area is 99.5 Å². The number of hydrogen-bond donors (Lipinski definition) is 2. The standard InChI is InChI=1S/C12H16N2O3/c1-8(15)9-5-11(13-6-9)12(16)14-7-10-3-2-4-17-10/h5-6,10,13H,2-4,7H2,1H3,(H,14,16)/t10-/m0/s1. The first kappa shape index (κ1) is 11.9. The van der Waals surface area contributed by atoms with Crippen LogP contribution in [0, 0.1) is 0 Å². The summed E-state index contributed by atoms with van der Waals surface area (Å²) in [6, 6.07) is 1.56. The van der Waals surface area contributed by atoms with Crippen molar-refractivity contribution in [2.45, 2.75) is 25.9 Å². The molecule has 2 N–H and O–H groups in total. The Bertz CT molecular complexity index is 419. The predicted octanol–water partition coefficient (Wildman–Crippen LogP) is 1.13. The van der Waals surface area contributed by atoms with Gasteiger partial charge in [-0.05, 0) is 25.8 Å². The normalized spacial score (nSPS) is 19.2. The SMILES string of the molecule is CC(=O)c1c[nH]c(C(=O)NC[C@@H]2CCCO2)c1. The average molecular weight is 236 g/mol. The van der Waals surface area contributed by atoms with Crippen LogP contribution >= 0.6 is 0 Å². The topological polar surface area (TPSA) is 71.2 Å². The number of carbonyl (C=O) groups excluding carboxylic acids is 2. The van der Waals surface area contributed by atoms with E-state index in [0.717, 1.165) is 19.4 Å². The van der Waals surface area contributed by atoms with Crippen LogP contribution in [0.25, 0.3) is 0 Å². The van der Waals surface area contributed by atoms with Crippen LogP contribution in [0.3, 0.4) is 0 Å². The number of ketones is 1. The third-order valence-electron chi connectivity index (χ3n) is 2.85. The molecule has 2 rings (SSSR count). The van der Waals surface area contributed by atoms with Crippen molar-refractivity contribution in [3.8, 4) is 0 Å². The molecule has 0 spiro atoms. The lowest BCUT2D eigenvalue weighted by Gasteiger charge is -2.09. The van der Waals surface area contributed by atoms with E-state index >= 15 is 0 Å². The van der Waals surface area contributed by atoms with E-state index in [1.54, 1.807) is 12.3 Å². The monoisotopic (exact) mass is 236 g/mol. The molecule has 92 valence electrons. The van der Waals surface area contributed by atoms with Gasteiger partial charge in [-0.25, -0.2) is 0 Å². The largest absolute Gasteiger partial charge is 0.376 e. The highest BCUT2D eigenvalue weighted by Gasteiger charge is 2.17. The van der Waals surface area contributed by atoms with Gasteiger partial charge in [-0.15, -0.1) is 0 Å². The Kier molecular flexibility index (Phi) is 3.58. The van der Waals surface area contributed by atoms with Crippen LogP contribution < -0.4 is 5.32 Å². The fourth-order valence-electron chi connectivity index (χ4n) is 1.84. The predicted molar refractivity (Wildman–Crippen MR) is 62.1 cm³/mol. The van der Waals surface area contributed by atoms with E-state index in [1.165, 1.54) is 6.92 Å². The van der Waals surface area contributed by atoms with E-state index in [2.05, 4.69) is 10.3 Å². The Hall–Kier alpha value is -1.62. The summed E-state index contributed by atoms with van der Waals surface area (Å²) in [7, 11) is 0. The molecule has 0 aromatic carbocycles. The van der Waals surface area contributed by atoms with Gasteiger partial charge in [-0.2, -0.15) is 0 Å². The first-order valence-electron chi connectivity index (χ1n) is 5.76. The van der Waals surface area contributed by atoms with Gasteiger partial charge in [0.2, 0.25) is 0 Å². The van der Waals surface area contributed by atoms with Gasteiger partial charge in [-0.3, -0.25) is 9.59 Å². The van der Waals surface area contributed by atoms with Crippen LogP contribution in [-0.4, -0.2) is 35.9 Å². The number of aromatic nitrogens is 1. The van der Waals surface area contributed by atoms with Crippen LogP contribution in [0.2, 0.25) is 0 Å². The molecule has 1 aliphatic heterocycles. The molecule has 1 amide bonds. The molecule has 0 unspecified atom stereocenters. The fraction of sp³-hybridized carbons (Fsp3) is 0.500.